The van der Waals surface area contributed by atoms with Crippen molar-refractivity contribution >= 4 is 18.3 Å². The largest absolute Gasteiger partial charge is 0.493 e. The van der Waals surface area contributed by atoms with E-state index in [9.17, 15) is 0 Å². The van der Waals surface area contributed by atoms with Crippen molar-refractivity contribution in [2.75, 3.05) is 30.9 Å². The van der Waals surface area contributed by atoms with Gasteiger partial charge < -0.3 is 9.64 Å². The summed E-state index contributed by atoms with van der Waals surface area (Å²) in [4.78, 5) is 2.21. The normalized spacial score (nSPS) is 13.6. The SMILES string of the molecule is CN(CCS)c1ccc2c(c1)CCO2. The number of rotatable bonds is 3. The molecule has 0 saturated carbocycles. The van der Waals surface area contributed by atoms with Gasteiger partial charge in [-0.3, -0.25) is 0 Å². The lowest BCUT2D eigenvalue weighted by Gasteiger charge is -2.18. The molecule has 0 N–H and O–H groups in total. The Hall–Kier alpha value is -0.830. The van der Waals surface area contributed by atoms with Crippen molar-refractivity contribution in [3.05, 3.63) is 23.8 Å². The van der Waals surface area contributed by atoms with Gasteiger partial charge in [0.1, 0.15) is 5.75 Å². The van der Waals surface area contributed by atoms with Crippen LogP contribution in [0.5, 0.6) is 5.75 Å². The molecule has 1 aliphatic rings. The summed E-state index contributed by atoms with van der Waals surface area (Å²) in [5.74, 6) is 1.93. The first kappa shape index (κ1) is 9.71. The van der Waals surface area contributed by atoms with Crippen molar-refractivity contribution < 1.29 is 4.74 Å². The average molecular weight is 209 g/mol. The van der Waals surface area contributed by atoms with E-state index in [4.69, 9.17) is 4.74 Å². The summed E-state index contributed by atoms with van der Waals surface area (Å²) in [5.41, 5.74) is 2.58. The topological polar surface area (TPSA) is 12.5 Å². The minimum absolute atomic E-state index is 0.828. The third-order valence-corrected chi connectivity index (χ3v) is 2.75. The minimum Gasteiger partial charge on any atom is -0.493 e. The summed E-state index contributed by atoms with van der Waals surface area (Å²) >= 11 is 4.23. The fourth-order valence-corrected chi connectivity index (χ4v) is 1.99. The fraction of sp³-hybridized carbons (Fsp3) is 0.455. The lowest BCUT2D eigenvalue weighted by molar-refractivity contribution is 0.357. The zero-order valence-electron chi connectivity index (χ0n) is 8.36. The van der Waals surface area contributed by atoms with Crippen molar-refractivity contribution in [2.24, 2.45) is 0 Å². The number of thiol groups is 1. The van der Waals surface area contributed by atoms with Crippen LogP contribution in [-0.2, 0) is 6.42 Å². The Morgan fingerprint density at radius 1 is 1.50 bits per heavy atom. The number of hydrogen-bond acceptors (Lipinski definition) is 3. The van der Waals surface area contributed by atoms with Crippen LogP contribution in [0.25, 0.3) is 0 Å². The van der Waals surface area contributed by atoms with Gasteiger partial charge in [0.15, 0.2) is 0 Å². The quantitative estimate of drug-likeness (QED) is 0.764. The molecular weight excluding hydrogens is 194 g/mol. The molecule has 1 aromatic rings. The number of nitrogens with zero attached hydrogens (tertiary/aromatic N) is 1. The van der Waals surface area contributed by atoms with Gasteiger partial charge in [0.05, 0.1) is 6.61 Å². The standard InChI is InChI=1S/C11H15NOS/c1-12(5-7-14)10-2-3-11-9(8-10)4-6-13-11/h2-3,8,14H,4-7H2,1H3. The maximum absolute atomic E-state index is 5.46. The molecule has 0 amide bonds. The van der Waals surface area contributed by atoms with Crippen LogP contribution in [-0.4, -0.2) is 26.0 Å². The Morgan fingerprint density at radius 2 is 2.36 bits per heavy atom. The lowest BCUT2D eigenvalue weighted by atomic mass is 10.1. The molecule has 0 aromatic heterocycles. The van der Waals surface area contributed by atoms with Gasteiger partial charge in [-0.1, -0.05) is 0 Å². The van der Waals surface area contributed by atoms with Crippen LogP contribution in [0.2, 0.25) is 0 Å². The molecule has 0 atom stereocenters. The first-order chi connectivity index (χ1) is 6.81. The highest BCUT2D eigenvalue weighted by Crippen LogP contribution is 2.28. The molecule has 0 spiro atoms. The molecule has 2 nitrogen and oxygen atoms in total. The zero-order chi connectivity index (χ0) is 9.97. The highest BCUT2D eigenvalue weighted by atomic mass is 32.1. The summed E-state index contributed by atoms with van der Waals surface area (Å²) in [6.07, 6.45) is 1.04. The lowest BCUT2D eigenvalue weighted by Crippen LogP contribution is -2.19. The Labute approximate surface area is 90.3 Å². The number of fused-ring (bicyclic) bond motifs is 1. The van der Waals surface area contributed by atoms with Crippen LogP contribution < -0.4 is 9.64 Å². The van der Waals surface area contributed by atoms with E-state index < -0.39 is 0 Å². The van der Waals surface area contributed by atoms with E-state index in [2.05, 4.69) is 42.8 Å². The maximum atomic E-state index is 5.46. The second-order valence-electron chi connectivity index (χ2n) is 3.54. The van der Waals surface area contributed by atoms with Gasteiger partial charge in [0.25, 0.3) is 0 Å². The van der Waals surface area contributed by atoms with E-state index in [1.54, 1.807) is 0 Å². The van der Waals surface area contributed by atoms with E-state index in [1.807, 2.05) is 0 Å². The molecule has 0 fully saturated rings. The number of ether oxygens (including phenoxy) is 1. The van der Waals surface area contributed by atoms with Crippen LogP contribution in [0.1, 0.15) is 5.56 Å². The van der Waals surface area contributed by atoms with E-state index in [0.29, 0.717) is 0 Å². The van der Waals surface area contributed by atoms with Gasteiger partial charge in [-0.05, 0) is 23.8 Å². The van der Waals surface area contributed by atoms with Crippen LogP contribution in [0.3, 0.4) is 0 Å². The molecule has 0 saturated heterocycles. The van der Waals surface area contributed by atoms with Crippen molar-refractivity contribution in [1.29, 1.82) is 0 Å². The molecule has 0 aliphatic carbocycles. The van der Waals surface area contributed by atoms with Crippen molar-refractivity contribution in [3.63, 3.8) is 0 Å². The average Bonchev–Trinajstić information content (AvgIpc) is 2.64. The van der Waals surface area contributed by atoms with E-state index in [-0.39, 0.29) is 0 Å². The molecule has 14 heavy (non-hydrogen) atoms. The molecule has 2 rings (SSSR count). The van der Waals surface area contributed by atoms with Crippen molar-refractivity contribution in [2.45, 2.75) is 6.42 Å². The predicted octanol–water partition coefficient (Wildman–Crippen LogP) is 1.99. The summed E-state index contributed by atoms with van der Waals surface area (Å²) in [7, 11) is 2.09. The van der Waals surface area contributed by atoms with Crippen LogP contribution >= 0.6 is 12.6 Å². The van der Waals surface area contributed by atoms with Gasteiger partial charge in [-0.2, -0.15) is 12.6 Å². The summed E-state index contributed by atoms with van der Waals surface area (Å²) in [6.45, 7) is 1.80. The van der Waals surface area contributed by atoms with Crippen molar-refractivity contribution in [3.8, 4) is 5.75 Å². The molecule has 1 heterocycles. The van der Waals surface area contributed by atoms with Crippen LogP contribution in [0.15, 0.2) is 18.2 Å². The Kier molecular flexibility index (Phi) is 2.87. The van der Waals surface area contributed by atoms with Gasteiger partial charge in [0.2, 0.25) is 0 Å². The molecule has 0 bridgehead atoms. The predicted molar refractivity (Wildman–Crippen MR) is 62.8 cm³/mol. The first-order valence-corrected chi connectivity index (χ1v) is 5.52. The molecule has 1 aliphatic heterocycles. The number of hydrogen-bond donors (Lipinski definition) is 1. The van der Waals surface area contributed by atoms with Gasteiger partial charge in [0, 0.05) is 31.5 Å². The molecule has 1 aromatic carbocycles. The monoisotopic (exact) mass is 209 g/mol. The minimum atomic E-state index is 0.828. The maximum Gasteiger partial charge on any atom is 0.122 e. The second kappa shape index (κ2) is 4.13. The first-order valence-electron chi connectivity index (χ1n) is 4.89. The Balaban J connectivity index is 2.19. The molecular formula is C11H15NOS. The molecule has 76 valence electrons. The van der Waals surface area contributed by atoms with Gasteiger partial charge >= 0.3 is 0 Å². The molecule has 3 heteroatoms. The molecule has 0 unspecified atom stereocenters. The fourth-order valence-electron chi connectivity index (χ4n) is 1.69. The highest BCUT2D eigenvalue weighted by Gasteiger charge is 2.12. The summed E-state index contributed by atoms with van der Waals surface area (Å²) in [6, 6.07) is 6.38. The van der Waals surface area contributed by atoms with Gasteiger partial charge in [-0.15, -0.1) is 0 Å². The number of benzene rings is 1. The highest BCUT2D eigenvalue weighted by molar-refractivity contribution is 7.80. The Morgan fingerprint density at radius 3 is 3.14 bits per heavy atom. The molecule has 0 radical (unpaired) electrons. The van der Waals surface area contributed by atoms with Gasteiger partial charge in [-0.25, -0.2) is 0 Å². The van der Waals surface area contributed by atoms with E-state index in [0.717, 1.165) is 31.1 Å². The van der Waals surface area contributed by atoms with Crippen LogP contribution in [0.4, 0.5) is 5.69 Å². The van der Waals surface area contributed by atoms with Crippen molar-refractivity contribution in [1.82, 2.24) is 0 Å². The zero-order valence-corrected chi connectivity index (χ0v) is 9.26. The smallest absolute Gasteiger partial charge is 0.122 e. The number of anilines is 1. The van der Waals surface area contributed by atoms with E-state index in [1.165, 1.54) is 11.3 Å². The summed E-state index contributed by atoms with van der Waals surface area (Å²) < 4.78 is 5.46. The third-order valence-electron chi connectivity index (χ3n) is 2.55. The second-order valence-corrected chi connectivity index (χ2v) is 3.98. The third kappa shape index (κ3) is 1.82. The van der Waals surface area contributed by atoms with Crippen LogP contribution in [0, 0.1) is 0 Å². The van der Waals surface area contributed by atoms with E-state index >= 15 is 0 Å². The Bertz CT molecular complexity index is 327. The summed E-state index contributed by atoms with van der Waals surface area (Å²) in [5, 5.41) is 0.